The van der Waals surface area contributed by atoms with E-state index in [4.69, 9.17) is 10.5 Å². The Hall–Kier alpha value is -2.70. The minimum Gasteiger partial charge on any atom is -0.489 e. The maximum Gasteiger partial charge on any atom is 0.340 e. The molecular formula is C15H12F3NO3. The molecule has 0 aromatic heterocycles. The van der Waals surface area contributed by atoms with E-state index in [1.807, 2.05) is 0 Å². The Kier molecular flexibility index (Phi) is 4.55. The van der Waals surface area contributed by atoms with Crippen LogP contribution in [-0.2, 0) is 11.3 Å². The minimum absolute atomic E-state index is 0.104. The van der Waals surface area contributed by atoms with Gasteiger partial charge in [-0.2, -0.15) is 0 Å². The molecule has 0 heterocycles. The van der Waals surface area contributed by atoms with Gasteiger partial charge in [0.25, 0.3) is 0 Å². The van der Waals surface area contributed by atoms with Crippen molar-refractivity contribution in [1.82, 2.24) is 0 Å². The van der Waals surface area contributed by atoms with Crippen molar-refractivity contribution < 1.29 is 27.4 Å². The van der Waals surface area contributed by atoms with Gasteiger partial charge < -0.3 is 15.2 Å². The lowest BCUT2D eigenvalue weighted by Crippen LogP contribution is -2.06. The van der Waals surface area contributed by atoms with Gasteiger partial charge in [-0.05, 0) is 35.9 Å². The summed E-state index contributed by atoms with van der Waals surface area (Å²) in [6.07, 6.45) is 0. The Bertz CT molecular complexity index is 696. The monoisotopic (exact) mass is 311 g/mol. The molecule has 0 aliphatic carbocycles. The molecule has 0 amide bonds. The zero-order valence-electron chi connectivity index (χ0n) is 11.5. The van der Waals surface area contributed by atoms with Crippen molar-refractivity contribution >= 4 is 11.7 Å². The second-order valence-corrected chi connectivity index (χ2v) is 4.40. The number of nitrogens with two attached hydrogens (primary N) is 1. The van der Waals surface area contributed by atoms with Crippen LogP contribution in [0, 0.1) is 17.5 Å². The second-order valence-electron chi connectivity index (χ2n) is 4.40. The molecule has 0 aliphatic rings. The number of carbonyl (C=O) groups is 1. The van der Waals surface area contributed by atoms with E-state index in [-0.39, 0.29) is 29.2 Å². The van der Waals surface area contributed by atoms with Gasteiger partial charge in [0, 0.05) is 5.69 Å². The third-order valence-corrected chi connectivity index (χ3v) is 2.88. The molecule has 2 N–H and O–H groups in total. The van der Waals surface area contributed by atoms with Gasteiger partial charge in [0.05, 0.1) is 12.7 Å². The molecule has 7 heteroatoms. The molecule has 22 heavy (non-hydrogen) atoms. The van der Waals surface area contributed by atoms with Crippen LogP contribution in [0.25, 0.3) is 0 Å². The van der Waals surface area contributed by atoms with Gasteiger partial charge in [0.2, 0.25) is 0 Å². The van der Waals surface area contributed by atoms with Crippen LogP contribution in [0.4, 0.5) is 18.9 Å². The van der Waals surface area contributed by atoms with Gasteiger partial charge in [0.1, 0.15) is 12.4 Å². The van der Waals surface area contributed by atoms with E-state index in [0.717, 1.165) is 12.1 Å². The molecule has 0 unspecified atom stereocenters. The number of carbonyl (C=O) groups excluding carboxylic acids is 1. The summed E-state index contributed by atoms with van der Waals surface area (Å²) in [5.41, 5.74) is 6.05. The maximum absolute atomic E-state index is 13.1. The first kappa shape index (κ1) is 15.7. The van der Waals surface area contributed by atoms with Gasteiger partial charge in [0.15, 0.2) is 17.5 Å². The first-order chi connectivity index (χ1) is 10.4. The van der Waals surface area contributed by atoms with Crippen molar-refractivity contribution in [3.63, 3.8) is 0 Å². The predicted octanol–water partition coefficient (Wildman–Crippen LogP) is 3.05. The van der Waals surface area contributed by atoms with Gasteiger partial charge >= 0.3 is 5.97 Å². The van der Waals surface area contributed by atoms with E-state index < -0.39 is 23.4 Å². The summed E-state index contributed by atoms with van der Waals surface area (Å²) in [6, 6.07) is 5.93. The average molecular weight is 311 g/mol. The van der Waals surface area contributed by atoms with Crippen LogP contribution in [0.2, 0.25) is 0 Å². The lowest BCUT2D eigenvalue weighted by molar-refractivity contribution is 0.0601. The summed E-state index contributed by atoms with van der Waals surface area (Å²) in [4.78, 5) is 11.5. The SMILES string of the molecule is COC(=O)c1cc(OCc2cc(F)c(F)c(F)c2)ccc1N. The van der Waals surface area contributed by atoms with Gasteiger partial charge in [-0.1, -0.05) is 0 Å². The first-order valence-corrected chi connectivity index (χ1v) is 6.16. The van der Waals surface area contributed by atoms with Crippen molar-refractivity contribution in [2.24, 2.45) is 0 Å². The summed E-state index contributed by atoms with van der Waals surface area (Å²) in [6.45, 7) is -0.210. The van der Waals surface area contributed by atoms with Crippen molar-refractivity contribution in [3.05, 3.63) is 58.9 Å². The largest absolute Gasteiger partial charge is 0.489 e. The number of benzene rings is 2. The summed E-state index contributed by atoms with van der Waals surface area (Å²) >= 11 is 0. The smallest absolute Gasteiger partial charge is 0.340 e. The number of hydrogen-bond donors (Lipinski definition) is 1. The predicted molar refractivity (Wildman–Crippen MR) is 72.8 cm³/mol. The first-order valence-electron chi connectivity index (χ1n) is 6.16. The standard InChI is InChI=1S/C15H12F3NO3/c1-21-15(20)10-6-9(2-3-13(10)19)22-7-8-4-11(16)14(18)12(17)5-8/h2-6H,7,19H2,1H3. The van der Waals surface area contributed by atoms with Crippen LogP contribution in [-0.4, -0.2) is 13.1 Å². The molecule has 2 rings (SSSR count). The molecule has 0 saturated carbocycles. The Morgan fingerprint density at radius 1 is 1.14 bits per heavy atom. The third kappa shape index (κ3) is 3.30. The van der Waals surface area contributed by atoms with Crippen LogP contribution in [0.1, 0.15) is 15.9 Å². The Morgan fingerprint density at radius 3 is 2.36 bits per heavy atom. The number of esters is 1. The van der Waals surface area contributed by atoms with Gasteiger partial charge in [-0.15, -0.1) is 0 Å². The molecule has 2 aromatic rings. The van der Waals surface area contributed by atoms with E-state index in [9.17, 15) is 18.0 Å². The number of hydrogen-bond acceptors (Lipinski definition) is 4. The van der Waals surface area contributed by atoms with E-state index in [2.05, 4.69) is 4.74 Å². The molecule has 0 atom stereocenters. The Balaban J connectivity index is 2.17. The number of halogens is 3. The van der Waals surface area contributed by atoms with Crippen LogP contribution >= 0.6 is 0 Å². The quantitative estimate of drug-likeness (QED) is 0.535. The number of nitrogen functional groups attached to an aromatic ring is 1. The molecular weight excluding hydrogens is 299 g/mol. The van der Waals surface area contributed by atoms with E-state index in [1.165, 1.54) is 25.3 Å². The summed E-state index contributed by atoms with van der Waals surface area (Å²) < 4.78 is 48.9. The molecule has 0 bridgehead atoms. The number of anilines is 1. The Morgan fingerprint density at radius 2 is 1.77 bits per heavy atom. The summed E-state index contributed by atoms with van der Waals surface area (Å²) in [7, 11) is 1.21. The molecule has 4 nitrogen and oxygen atoms in total. The third-order valence-electron chi connectivity index (χ3n) is 2.88. The molecule has 0 aliphatic heterocycles. The number of rotatable bonds is 4. The highest BCUT2D eigenvalue weighted by Crippen LogP contribution is 2.22. The van der Waals surface area contributed by atoms with E-state index >= 15 is 0 Å². The highest BCUT2D eigenvalue weighted by Gasteiger charge is 2.13. The Labute approximate surface area is 124 Å². The molecule has 0 saturated heterocycles. The van der Waals surface area contributed by atoms with E-state index in [0.29, 0.717) is 0 Å². The molecule has 116 valence electrons. The number of methoxy groups -OCH3 is 1. The average Bonchev–Trinajstić information content (AvgIpc) is 2.50. The molecule has 0 radical (unpaired) electrons. The zero-order valence-corrected chi connectivity index (χ0v) is 11.5. The van der Waals surface area contributed by atoms with Gasteiger partial charge in [-0.3, -0.25) is 0 Å². The summed E-state index contributed by atoms with van der Waals surface area (Å²) in [5.74, 6) is -4.52. The van der Waals surface area contributed by atoms with Crippen LogP contribution in [0.15, 0.2) is 30.3 Å². The molecule has 0 spiro atoms. The highest BCUT2D eigenvalue weighted by molar-refractivity contribution is 5.95. The fourth-order valence-electron chi connectivity index (χ4n) is 1.77. The minimum atomic E-state index is -1.54. The fourth-order valence-corrected chi connectivity index (χ4v) is 1.77. The lowest BCUT2D eigenvalue weighted by atomic mass is 10.1. The molecule has 0 fully saturated rings. The van der Waals surface area contributed by atoms with Crippen molar-refractivity contribution in [3.8, 4) is 5.75 Å². The lowest BCUT2D eigenvalue weighted by Gasteiger charge is -2.10. The molecule has 2 aromatic carbocycles. The van der Waals surface area contributed by atoms with Crippen molar-refractivity contribution in [2.45, 2.75) is 6.61 Å². The number of ether oxygens (including phenoxy) is 2. The topological polar surface area (TPSA) is 61.5 Å². The van der Waals surface area contributed by atoms with E-state index in [1.54, 1.807) is 0 Å². The van der Waals surface area contributed by atoms with Crippen LogP contribution in [0.3, 0.4) is 0 Å². The van der Waals surface area contributed by atoms with Crippen molar-refractivity contribution in [1.29, 1.82) is 0 Å². The van der Waals surface area contributed by atoms with Gasteiger partial charge in [-0.25, -0.2) is 18.0 Å². The highest BCUT2D eigenvalue weighted by atomic mass is 19.2. The zero-order chi connectivity index (χ0) is 16.3. The normalized spacial score (nSPS) is 10.4. The van der Waals surface area contributed by atoms with Crippen LogP contribution in [0.5, 0.6) is 5.75 Å². The second kappa shape index (κ2) is 6.38. The maximum atomic E-state index is 13.1. The van der Waals surface area contributed by atoms with Crippen LogP contribution < -0.4 is 10.5 Å². The fraction of sp³-hybridized carbons (Fsp3) is 0.133. The van der Waals surface area contributed by atoms with Crippen molar-refractivity contribution in [2.75, 3.05) is 12.8 Å². The summed E-state index contributed by atoms with van der Waals surface area (Å²) in [5, 5.41) is 0.